The first-order valence-electron chi connectivity index (χ1n) is 11.7. The zero-order valence-electron chi connectivity index (χ0n) is 20.3. The van der Waals surface area contributed by atoms with Gasteiger partial charge in [0.1, 0.15) is 0 Å². The fourth-order valence-corrected chi connectivity index (χ4v) is 3.79. The van der Waals surface area contributed by atoms with Gasteiger partial charge < -0.3 is 13.6 Å². The van der Waals surface area contributed by atoms with Gasteiger partial charge in [-0.25, -0.2) is 0 Å². The highest BCUT2D eigenvalue weighted by Crippen LogP contribution is 2.16. The second-order valence-electron chi connectivity index (χ2n) is 7.93. The molecule has 0 aliphatic carbocycles. The molecular formula is C23H45N3O3Si. The summed E-state index contributed by atoms with van der Waals surface area (Å²) in [5.74, 6) is 0. The van der Waals surface area contributed by atoms with Crippen LogP contribution >= 0.6 is 0 Å². The predicted molar refractivity (Wildman–Crippen MR) is 131 cm³/mol. The summed E-state index contributed by atoms with van der Waals surface area (Å²) in [5.41, 5.74) is 4.26. The van der Waals surface area contributed by atoms with Gasteiger partial charge in [-0.3, -0.25) is 0 Å². The van der Waals surface area contributed by atoms with Gasteiger partial charge in [-0.15, -0.1) is 15.5 Å². The molecule has 7 heteroatoms. The van der Waals surface area contributed by atoms with E-state index in [2.05, 4.69) is 42.8 Å². The van der Waals surface area contributed by atoms with E-state index in [1.54, 1.807) is 5.70 Å². The summed E-state index contributed by atoms with van der Waals surface area (Å²) in [6.07, 6.45) is 12.9. The first-order chi connectivity index (χ1) is 14.4. The molecule has 0 aromatic rings. The minimum Gasteiger partial charge on any atom is -0.370 e. The maximum absolute atomic E-state index is 5.77. The van der Waals surface area contributed by atoms with Crippen molar-refractivity contribution in [2.75, 3.05) is 0 Å². The Morgan fingerprint density at radius 1 is 0.633 bits per heavy atom. The Kier molecular flexibility index (Phi) is 17.2. The van der Waals surface area contributed by atoms with Gasteiger partial charge >= 0.3 is 8.80 Å². The Bertz CT molecular complexity index is 478. The van der Waals surface area contributed by atoms with E-state index in [4.69, 9.17) is 13.6 Å². The number of hydrogen-bond donors (Lipinski definition) is 0. The zero-order valence-corrected chi connectivity index (χ0v) is 21.3. The molecule has 0 aromatic carbocycles. The van der Waals surface area contributed by atoms with Crippen LogP contribution in [-0.2, 0) is 13.6 Å². The molecule has 6 nitrogen and oxygen atoms in total. The minimum atomic E-state index is -3.40. The van der Waals surface area contributed by atoms with Crippen molar-refractivity contribution >= 4 is 25.9 Å². The van der Waals surface area contributed by atoms with Crippen LogP contribution < -0.4 is 0 Å². The smallest absolute Gasteiger partial charge is 0.370 e. The van der Waals surface area contributed by atoms with Crippen LogP contribution in [0.15, 0.2) is 27.7 Å². The molecule has 0 N–H and O–H groups in total. The summed E-state index contributed by atoms with van der Waals surface area (Å²) in [5, 5.41) is 12.8. The minimum absolute atomic E-state index is 0.883. The number of rotatable bonds is 19. The molecule has 0 aliphatic heterocycles. The number of hydrogen-bond acceptors (Lipinski definition) is 6. The first kappa shape index (κ1) is 28.4. The van der Waals surface area contributed by atoms with Gasteiger partial charge in [0.25, 0.3) is 0 Å². The Morgan fingerprint density at radius 3 is 1.17 bits per heavy atom. The molecule has 0 rings (SSSR count). The molecule has 0 aliphatic rings. The molecule has 0 atom stereocenters. The average Bonchev–Trinajstić information content (AvgIpc) is 2.74. The van der Waals surface area contributed by atoms with E-state index in [1.807, 2.05) is 20.8 Å². The third kappa shape index (κ3) is 14.4. The Hall–Kier alpha value is -1.63. The van der Waals surface area contributed by atoms with Crippen LogP contribution in [0.25, 0.3) is 0 Å². The molecule has 0 aromatic heterocycles. The number of oxime groups is 3. The van der Waals surface area contributed by atoms with Crippen LogP contribution in [0.4, 0.5) is 0 Å². The van der Waals surface area contributed by atoms with Gasteiger partial charge in [0.05, 0.1) is 17.1 Å². The van der Waals surface area contributed by atoms with Crippen LogP contribution in [0.1, 0.15) is 119 Å². The van der Waals surface area contributed by atoms with Crippen molar-refractivity contribution in [2.45, 2.75) is 119 Å². The maximum atomic E-state index is 5.77. The second-order valence-corrected chi connectivity index (χ2v) is 10.1. The van der Waals surface area contributed by atoms with Crippen molar-refractivity contribution in [3.05, 3.63) is 12.3 Å². The fourth-order valence-electron chi connectivity index (χ4n) is 2.62. The van der Waals surface area contributed by atoms with Gasteiger partial charge in [-0.2, -0.15) is 0 Å². The maximum Gasteiger partial charge on any atom is 0.791 e. The van der Waals surface area contributed by atoms with Crippen LogP contribution in [0.2, 0.25) is 0 Å². The largest absolute Gasteiger partial charge is 0.791 e. The molecule has 30 heavy (non-hydrogen) atoms. The normalized spacial score (nSPS) is 14.9. The highest BCUT2D eigenvalue weighted by Gasteiger charge is 2.49. The van der Waals surface area contributed by atoms with Gasteiger partial charge in [0.15, 0.2) is 0 Å². The molecule has 0 bridgehead atoms. The average molecular weight is 440 g/mol. The van der Waals surface area contributed by atoms with E-state index in [9.17, 15) is 0 Å². The van der Waals surface area contributed by atoms with E-state index in [0.29, 0.717) is 0 Å². The Balaban J connectivity index is 5.22. The summed E-state index contributed by atoms with van der Waals surface area (Å²) in [6.45, 7) is 16.3. The van der Waals surface area contributed by atoms with E-state index in [1.165, 1.54) is 38.5 Å². The first-order valence-corrected chi connectivity index (χ1v) is 13.5. The molecule has 0 unspecified atom stereocenters. The molecule has 174 valence electrons. The van der Waals surface area contributed by atoms with Crippen LogP contribution in [0, 0.1) is 0 Å². The number of unbranched alkanes of at least 4 members (excludes halogenated alkanes) is 6. The fraction of sp³-hybridized carbons (Fsp3) is 0.783. The third-order valence-electron chi connectivity index (χ3n) is 4.66. The lowest BCUT2D eigenvalue weighted by molar-refractivity contribution is 0.0783. The topological polar surface area (TPSA) is 64.8 Å². The molecule has 0 saturated carbocycles. The summed E-state index contributed by atoms with van der Waals surface area (Å²) in [6, 6.07) is 0. The lowest BCUT2D eigenvalue weighted by Crippen LogP contribution is -2.40. The molecule has 0 heterocycles. The van der Waals surface area contributed by atoms with E-state index >= 15 is 0 Å². The van der Waals surface area contributed by atoms with Crippen LogP contribution in [-0.4, -0.2) is 25.9 Å². The lowest BCUT2D eigenvalue weighted by Gasteiger charge is -2.19. The Labute approximate surface area is 186 Å². The van der Waals surface area contributed by atoms with E-state index in [-0.39, 0.29) is 0 Å². The van der Waals surface area contributed by atoms with Crippen molar-refractivity contribution in [2.24, 2.45) is 15.5 Å². The molecule has 0 fully saturated rings. The molecule has 0 saturated heterocycles. The molecular weight excluding hydrogens is 394 g/mol. The summed E-state index contributed by atoms with van der Waals surface area (Å²) >= 11 is 0. The summed E-state index contributed by atoms with van der Waals surface area (Å²) in [4.78, 5) is 0. The second kappa shape index (κ2) is 18.2. The lowest BCUT2D eigenvalue weighted by atomic mass is 10.1. The van der Waals surface area contributed by atoms with Gasteiger partial charge in [-0.1, -0.05) is 65.9 Å². The van der Waals surface area contributed by atoms with Crippen molar-refractivity contribution in [1.29, 1.82) is 0 Å². The van der Waals surface area contributed by atoms with E-state index in [0.717, 1.165) is 55.7 Å². The van der Waals surface area contributed by atoms with Crippen molar-refractivity contribution in [3.8, 4) is 0 Å². The monoisotopic (exact) mass is 439 g/mol. The van der Waals surface area contributed by atoms with Crippen molar-refractivity contribution < 1.29 is 13.6 Å². The van der Waals surface area contributed by atoms with Crippen LogP contribution in [0.5, 0.6) is 0 Å². The zero-order chi connectivity index (χ0) is 22.7. The Morgan fingerprint density at radius 2 is 0.933 bits per heavy atom. The predicted octanol–water partition coefficient (Wildman–Crippen LogP) is 7.57. The van der Waals surface area contributed by atoms with Gasteiger partial charge in [-0.05, 0) is 59.3 Å². The molecule has 0 radical (unpaired) electrons. The molecule has 0 spiro atoms. The van der Waals surface area contributed by atoms with Gasteiger partial charge in [0, 0.05) is 5.70 Å². The van der Waals surface area contributed by atoms with E-state index < -0.39 is 8.80 Å². The third-order valence-corrected chi connectivity index (χ3v) is 6.20. The quantitative estimate of drug-likeness (QED) is 0.0902. The van der Waals surface area contributed by atoms with Crippen LogP contribution in [0.3, 0.4) is 0 Å². The highest BCUT2D eigenvalue weighted by atomic mass is 28.4. The number of nitrogens with zero attached hydrogens (tertiary/aromatic N) is 3. The standard InChI is InChI=1S/C23H45N3O3Si/c1-8-12-15-18-21(5)24-27-30(11-4,28-25-22(6)19-16-13-9-2)29-26-23(7)20-17-14-10-3/h11H,4,8-10,12-20H2,1-3,5-7H3. The summed E-state index contributed by atoms with van der Waals surface area (Å²) in [7, 11) is -3.40. The van der Waals surface area contributed by atoms with Crippen molar-refractivity contribution in [1.82, 2.24) is 0 Å². The highest BCUT2D eigenvalue weighted by molar-refractivity contribution is 6.66. The van der Waals surface area contributed by atoms with Crippen molar-refractivity contribution in [3.63, 3.8) is 0 Å². The molecule has 0 amide bonds. The van der Waals surface area contributed by atoms with Gasteiger partial charge in [0.2, 0.25) is 0 Å². The summed E-state index contributed by atoms with van der Waals surface area (Å²) < 4.78 is 17.3. The SMILES string of the molecule is C=C[Si](ON=C(C)CCCCC)(ON=C(C)CCCCC)ON=C(C)CCCCC.